The number of hydrogen-bond acceptors (Lipinski definition) is 12. The molecule has 0 saturated heterocycles. The smallest absolute Gasteiger partial charge is 0.673 e. The molecule has 0 aliphatic rings. The van der Waals surface area contributed by atoms with E-state index in [9.17, 15) is 0 Å². The van der Waals surface area contributed by atoms with Crippen LogP contribution in [0.3, 0.4) is 0 Å². The molecule has 0 saturated carbocycles. The van der Waals surface area contributed by atoms with E-state index in [0.717, 1.165) is 0 Å². The Labute approximate surface area is 202 Å². The Morgan fingerprint density at radius 1 is 0.344 bits per heavy atom. The molecule has 32 heavy (non-hydrogen) atoms. The zero-order valence-corrected chi connectivity index (χ0v) is 17.9. The van der Waals surface area contributed by atoms with Crippen molar-refractivity contribution < 1.29 is 93.0 Å². The maximum atomic E-state index is 9.07. The van der Waals surface area contributed by atoms with Gasteiger partial charge in [0.1, 0.15) is 0 Å². The Morgan fingerprint density at radius 3 is 0.375 bits per heavy atom. The molecule has 0 radical (unpaired) electrons. The summed E-state index contributed by atoms with van der Waals surface area (Å²) in [6.45, 7) is -3.83. The molecule has 6 N–H and O–H groups in total. The molecule has 192 valence electrons. The molecule has 0 fully saturated rings. The number of carbonyl (C=O) groups excluding carboxylic acids is 6. The van der Waals surface area contributed by atoms with Crippen LogP contribution < -0.4 is 30.6 Å². The van der Waals surface area contributed by atoms with Crippen molar-refractivity contribution in [3.05, 3.63) is 34.4 Å². The van der Waals surface area contributed by atoms with Crippen LogP contribution in [0.4, 0.5) is 0 Å². The second kappa shape index (κ2) is 46.7. The van der Waals surface area contributed by atoms with Gasteiger partial charge in [-0.3, -0.25) is 0 Å². The van der Waals surface area contributed by atoms with Gasteiger partial charge in [0, 0.05) is 35.8 Å². The van der Waals surface area contributed by atoms with Gasteiger partial charge in [-0.15, -0.1) is 39.3 Å². The maximum absolute atomic E-state index is 9.07. The average molecular weight is 556 g/mol. The Morgan fingerprint density at radius 2 is 0.375 bits per heavy atom. The van der Waals surface area contributed by atoms with Crippen LogP contribution >= 0.6 is 0 Å². The first-order valence-electron chi connectivity index (χ1n) is 6.69. The summed E-state index contributed by atoms with van der Waals surface area (Å²) >= 11 is 0. The number of carbonyl (C=O) groups is 6. The van der Waals surface area contributed by atoms with Gasteiger partial charge in [-0.2, -0.15) is 0 Å². The Bertz CT molecular complexity index is 377. The first-order chi connectivity index (χ1) is 13.6. The SMILES string of the molecule is [Co+3].[Co+3].[NH-]CC(=O)[O-].[NH-]CC(=O)[O-].[NH-]CC(=O)[O-].[NH-]CC(=O)[O-].[NH-]CC(=O)[O-].[NH-]CC(=O)[O-]. The van der Waals surface area contributed by atoms with E-state index >= 15 is 0 Å². The molecule has 0 heterocycles. The van der Waals surface area contributed by atoms with Gasteiger partial charge in [0.2, 0.25) is 0 Å². The third-order valence-electron chi connectivity index (χ3n) is 0.866. The minimum atomic E-state index is -1.33. The normalized spacial score (nSPS) is 6.94. The van der Waals surface area contributed by atoms with Gasteiger partial charge in [0.05, 0.1) is 0 Å². The number of carboxylic acids is 6. The second-order valence-electron chi connectivity index (χ2n) is 3.29. The molecule has 0 aromatic rings. The number of aliphatic carboxylic acids is 6. The minimum absolute atomic E-state index is 0. The zero-order chi connectivity index (χ0) is 25.7. The molecular weight excluding hydrogens is 538 g/mol. The van der Waals surface area contributed by atoms with Crippen LogP contribution in [0, 0.1) is 0 Å². The standard InChI is InChI=1S/6C2H4NO2.2Co/c6*3-1-2(4)5;;/h6*3H,1H2,(H,4,5);;/q6*-1;2*+3/p-6. The fraction of sp³-hybridized carbons (Fsp3) is 0.500. The van der Waals surface area contributed by atoms with Crippen molar-refractivity contribution in [3.63, 3.8) is 0 Å². The van der Waals surface area contributed by atoms with Gasteiger partial charge >= 0.3 is 33.6 Å². The van der Waals surface area contributed by atoms with E-state index in [1.165, 1.54) is 0 Å². The Balaban J connectivity index is -0.0000000356. The fourth-order valence-electron chi connectivity index (χ4n) is 0. The van der Waals surface area contributed by atoms with Crippen LogP contribution in [-0.2, 0) is 62.3 Å². The van der Waals surface area contributed by atoms with Gasteiger partial charge < -0.3 is 93.8 Å². The average Bonchev–Trinajstić information content (AvgIpc) is 2.69. The molecule has 0 aliphatic heterocycles. The monoisotopic (exact) mass is 556 g/mol. The van der Waals surface area contributed by atoms with E-state index in [-0.39, 0.29) is 33.6 Å². The van der Waals surface area contributed by atoms with Crippen LogP contribution in [0.2, 0.25) is 0 Å². The van der Waals surface area contributed by atoms with E-state index in [2.05, 4.69) is 0 Å². The van der Waals surface area contributed by atoms with Crippen molar-refractivity contribution in [1.29, 1.82) is 0 Å². The minimum Gasteiger partial charge on any atom is -0.673 e. The Hall–Kier alpha value is -2.41. The van der Waals surface area contributed by atoms with Gasteiger partial charge in [0.15, 0.2) is 0 Å². The molecule has 0 atom stereocenters. The third-order valence-corrected chi connectivity index (χ3v) is 0.866. The summed E-state index contributed by atoms with van der Waals surface area (Å²) in [7, 11) is 0. The number of hydrogen-bond donors (Lipinski definition) is 0. The molecular formula is C12H18Co2N6O12-6. The second-order valence-corrected chi connectivity index (χ2v) is 3.29. The van der Waals surface area contributed by atoms with Gasteiger partial charge in [-0.05, 0) is 0 Å². The van der Waals surface area contributed by atoms with Crippen LogP contribution in [0.25, 0.3) is 34.4 Å². The third kappa shape index (κ3) is 212. The summed E-state index contributed by atoms with van der Waals surface area (Å²) < 4.78 is 0. The fourth-order valence-corrected chi connectivity index (χ4v) is 0. The molecule has 0 spiro atoms. The van der Waals surface area contributed by atoms with E-state index in [4.69, 9.17) is 93.8 Å². The Kier molecular flexibility index (Phi) is 75.7. The van der Waals surface area contributed by atoms with Crippen LogP contribution in [0.15, 0.2) is 0 Å². The van der Waals surface area contributed by atoms with Crippen molar-refractivity contribution in [2.45, 2.75) is 0 Å². The van der Waals surface area contributed by atoms with Crippen LogP contribution in [-0.4, -0.2) is 75.1 Å². The molecule has 0 amide bonds. The number of carboxylic acid groups (broad SMARTS) is 6. The van der Waals surface area contributed by atoms with E-state index < -0.39 is 75.1 Å². The van der Waals surface area contributed by atoms with Crippen molar-refractivity contribution in [1.82, 2.24) is 0 Å². The molecule has 0 unspecified atom stereocenters. The predicted octanol–water partition coefficient (Wildman–Crippen LogP) is -7.27. The van der Waals surface area contributed by atoms with Gasteiger partial charge in [0.25, 0.3) is 0 Å². The first kappa shape index (κ1) is 51.9. The molecule has 20 heteroatoms. The number of nitrogens with one attached hydrogen (secondary N) is 6. The largest absolute Gasteiger partial charge is 3.00 e. The summed E-state index contributed by atoms with van der Waals surface area (Å²) in [4.78, 5) is 54.4. The molecule has 0 aromatic carbocycles. The molecule has 0 rings (SSSR count). The summed E-state index contributed by atoms with van der Waals surface area (Å²) in [5.74, 6) is -7.97. The van der Waals surface area contributed by atoms with E-state index in [0.29, 0.717) is 0 Å². The topological polar surface area (TPSA) is 384 Å². The molecule has 18 nitrogen and oxygen atoms in total. The molecule has 0 aliphatic carbocycles. The first-order valence-corrected chi connectivity index (χ1v) is 6.69. The van der Waals surface area contributed by atoms with Crippen LogP contribution in [0.1, 0.15) is 0 Å². The number of rotatable bonds is 6. The van der Waals surface area contributed by atoms with E-state index in [1.807, 2.05) is 0 Å². The van der Waals surface area contributed by atoms with Crippen molar-refractivity contribution in [3.8, 4) is 0 Å². The predicted molar refractivity (Wildman–Crippen MR) is 85.2 cm³/mol. The molecule has 0 aromatic heterocycles. The van der Waals surface area contributed by atoms with Crippen molar-refractivity contribution >= 4 is 35.8 Å². The summed E-state index contributed by atoms with van der Waals surface area (Å²) in [5.41, 5.74) is 36.0. The molecule has 0 bridgehead atoms. The maximum Gasteiger partial charge on any atom is 3.00 e. The van der Waals surface area contributed by atoms with Crippen molar-refractivity contribution in [2.75, 3.05) is 39.3 Å². The van der Waals surface area contributed by atoms with E-state index in [1.54, 1.807) is 0 Å². The summed E-state index contributed by atoms with van der Waals surface area (Å²) in [5, 5.41) is 54.4. The zero-order valence-electron chi connectivity index (χ0n) is 15.8. The summed E-state index contributed by atoms with van der Waals surface area (Å²) in [6.07, 6.45) is 0. The van der Waals surface area contributed by atoms with Crippen LogP contribution in [0.5, 0.6) is 0 Å². The van der Waals surface area contributed by atoms with Crippen molar-refractivity contribution in [2.24, 2.45) is 0 Å². The van der Waals surface area contributed by atoms with Gasteiger partial charge in [-0.1, -0.05) is 0 Å². The summed E-state index contributed by atoms with van der Waals surface area (Å²) in [6, 6.07) is 0. The van der Waals surface area contributed by atoms with Gasteiger partial charge in [-0.25, -0.2) is 0 Å². The quantitative estimate of drug-likeness (QED) is 0.294.